The highest BCUT2D eigenvalue weighted by Gasteiger charge is 2.37. The second-order valence-corrected chi connectivity index (χ2v) is 5.85. The van der Waals surface area contributed by atoms with Crippen LogP contribution in [0.5, 0.6) is 0 Å². The van der Waals surface area contributed by atoms with Gasteiger partial charge in [0, 0.05) is 20.0 Å². The maximum atomic E-state index is 11.3. The molecule has 2 fully saturated rings. The highest BCUT2D eigenvalue weighted by Crippen LogP contribution is 2.41. The van der Waals surface area contributed by atoms with Crippen molar-refractivity contribution >= 4 is 5.91 Å². The Hall–Kier alpha value is -0.570. The van der Waals surface area contributed by atoms with E-state index in [4.69, 9.17) is 0 Å². The molecule has 3 nitrogen and oxygen atoms in total. The third kappa shape index (κ3) is 3.01. The molecule has 2 saturated heterocycles. The number of nitrogens with zero attached hydrogens (tertiary/aromatic N) is 2. The minimum absolute atomic E-state index is 0.253. The fraction of sp³-hybridized carbons (Fsp3) is 0.929. The Morgan fingerprint density at radius 1 is 1.06 bits per heavy atom. The second kappa shape index (κ2) is 5.38. The Bertz CT molecular complexity index is 259. The highest BCUT2D eigenvalue weighted by molar-refractivity contribution is 5.73. The van der Waals surface area contributed by atoms with Crippen LogP contribution in [0.3, 0.4) is 0 Å². The predicted molar refractivity (Wildman–Crippen MR) is 69.9 cm³/mol. The van der Waals surface area contributed by atoms with Crippen LogP contribution < -0.4 is 0 Å². The number of carbonyl (C=O) groups is 1. The third-order valence-corrected chi connectivity index (χ3v) is 4.73. The van der Waals surface area contributed by atoms with E-state index in [0.717, 1.165) is 13.1 Å². The summed E-state index contributed by atoms with van der Waals surface area (Å²) in [5, 5.41) is 0. The van der Waals surface area contributed by atoms with E-state index in [0.29, 0.717) is 5.41 Å². The van der Waals surface area contributed by atoms with Crippen LogP contribution in [0.1, 0.15) is 46.0 Å². The maximum absolute atomic E-state index is 11.3. The van der Waals surface area contributed by atoms with E-state index in [2.05, 4.69) is 11.8 Å². The lowest BCUT2D eigenvalue weighted by Crippen LogP contribution is -2.47. The van der Waals surface area contributed by atoms with Gasteiger partial charge in [-0.25, -0.2) is 0 Å². The molecule has 2 aliphatic rings. The lowest BCUT2D eigenvalue weighted by molar-refractivity contribution is -0.131. The van der Waals surface area contributed by atoms with E-state index in [1.54, 1.807) is 6.92 Å². The Labute approximate surface area is 105 Å². The zero-order chi connectivity index (χ0) is 12.3. The molecule has 0 aromatic heterocycles. The van der Waals surface area contributed by atoms with Crippen molar-refractivity contribution in [3.8, 4) is 0 Å². The summed E-state index contributed by atoms with van der Waals surface area (Å²) in [6.07, 6.45) is 6.42. The van der Waals surface area contributed by atoms with E-state index in [-0.39, 0.29) is 5.91 Å². The van der Waals surface area contributed by atoms with Crippen molar-refractivity contribution in [1.82, 2.24) is 9.80 Å². The molecule has 17 heavy (non-hydrogen) atoms. The average molecular weight is 238 g/mol. The third-order valence-electron chi connectivity index (χ3n) is 4.73. The highest BCUT2D eigenvalue weighted by atomic mass is 16.2. The van der Waals surface area contributed by atoms with Crippen LogP contribution in [0.15, 0.2) is 0 Å². The lowest BCUT2D eigenvalue weighted by atomic mass is 9.71. The molecule has 0 saturated carbocycles. The number of piperidine rings is 2. The van der Waals surface area contributed by atoms with Crippen LogP contribution >= 0.6 is 0 Å². The van der Waals surface area contributed by atoms with E-state index < -0.39 is 0 Å². The van der Waals surface area contributed by atoms with E-state index in [1.807, 2.05) is 4.90 Å². The van der Waals surface area contributed by atoms with Crippen molar-refractivity contribution in [3.05, 3.63) is 0 Å². The Balaban J connectivity index is 1.82. The van der Waals surface area contributed by atoms with Gasteiger partial charge < -0.3 is 9.80 Å². The standard InChI is InChI=1S/C14H26N2O/c1-3-8-15-9-4-14(5-10-15)6-11-16(12-7-14)13(2)17/h3-12H2,1-2H3. The van der Waals surface area contributed by atoms with Gasteiger partial charge >= 0.3 is 0 Å². The van der Waals surface area contributed by atoms with Gasteiger partial charge in [-0.05, 0) is 57.2 Å². The Morgan fingerprint density at radius 2 is 1.59 bits per heavy atom. The molecule has 0 bridgehead atoms. The molecule has 2 rings (SSSR count). The molecule has 1 spiro atoms. The maximum Gasteiger partial charge on any atom is 0.219 e. The molecule has 3 heteroatoms. The summed E-state index contributed by atoms with van der Waals surface area (Å²) in [6.45, 7) is 9.74. The lowest BCUT2D eigenvalue weighted by Gasteiger charge is -2.46. The monoisotopic (exact) mass is 238 g/mol. The number of likely N-dealkylation sites (tertiary alicyclic amines) is 2. The molecule has 0 N–H and O–H groups in total. The largest absolute Gasteiger partial charge is 0.343 e. The molecule has 1 amide bonds. The predicted octanol–water partition coefficient (Wildman–Crippen LogP) is 2.12. The molecule has 98 valence electrons. The topological polar surface area (TPSA) is 23.6 Å². The quantitative estimate of drug-likeness (QED) is 0.735. The number of rotatable bonds is 2. The molecule has 0 unspecified atom stereocenters. The van der Waals surface area contributed by atoms with Crippen LogP contribution in [0, 0.1) is 5.41 Å². The van der Waals surface area contributed by atoms with E-state index >= 15 is 0 Å². The minimum atomic E-state index is 0.253. The van der Waals surface area contributed by atoms with Crippen molar-refractivity contribution in [1.29, 1.82) is 0 Å². The molecular weight excluding hydrogens is 212 g/mol. The first kappa shape index (κ1) is 12.9. The van der Waals surface area contributed by atoms with Crippen LogP contribution in [0.2, 0.25) is 0 Å². The van der Waals surface area contributed by atoms with Gasteiger partial charge in [-0.2, -0.15) is 0 Å². The first-order valence-corrected chi connectivity index (χ1v) is 7.13. The number of carbonyl (C=O) groups excluding carboxylic acids is 1. The zero-order valence-electron chi connectivity index (χ0n) is 11.4. The summed E-state index contributed by atoms with van der Waals surface area (Å²) >= 11 is 0. The number of amides is 1. The van der Waals surface area contributed by atoms with Crippen molar-refractivity contribution in [2.24, 2.45) is 5.41 Å². The van der Waals surface area contributed by atoms with E-state index in [1.165, 1.54) is 51.7 Å². The summed E-state index contributed by atoms with van der Waals surface area (Å²) < 4.78 is 0. The molecule has 2 heterocycles. The van der Waals surface area contributed by atoms with Gasteiger partial charge in [-0.3, -0.25) is 4.79 Å². The molecular formula is C14H26N2O. The van der Waals surface area contributed by atoms with Crippen LogP contribution in [-0.2, 0) is 4.79 Å². The summed E-state index contributed by atoms with van der Waals surface area (Å²) in [4.78, 5) is 15.9. The fourth-order valence-corrected chi connectivity index (χ4v) is 3.36. The molecule has 0 aromatic rings. The fourth-order valence-electron chi connectivity index (χ4n) is 3.36. The number of hydrogen-bond acceptors (Lipinski definition) is 2. The second-order valence-electron chi connectivity index (χ2n) is 5.85. The summed E-state index contributed by atoms with van der Waals surface area (Å²) in [5.74, 6) is 0.253. The molecule has 0 atom stereocenters. The first-order chi connectivity index (χ1) is 8.15. The minimum Gasteiger partial charge on any atom is -0.343 e. The Morgan fingerprint density at radius 3 is 2.06 bits per heavy atom. The number of hydrogen-bond donors (Lipinski definition) is 0. The Kier molecular flexibility index (Phi) is 4.08. The van der Waals surface area contributed by atoms with Gasteiger partial charge in [0.15, 0.2) is 0 Å². The summed E-state index contributed by atoms with van der Waals surface area (Å²) in [6, 6.07) is 0. The van der Waals surface area contributed by atoms with Crippen molar-refractivity contribution in [2.45, 2.75) is 46.0 Å². The van der Waals surface area contributed by atoms with Gasteiger partial charge in [0.2, 0.25) is 5.91 Å². The van der Waals surface area contributed by atoms with Gasteiger partial charge in [-0.1, -0.05) is 6.92 Å². The molecule has 0 radical (unpaired) electrons. The smallest absolute Gasteiger partial charge is 0.219 e. The van der Waals surface area contributed by atoms with Crippen LogP contribution in [-0.4, -0.2) is 48.4 Å². The van der Waals surface area contributed by atoms with Crippen LogP contribution in [0.4, 0.5) is 0 Å². The summed E-state index contributed by atoms with van der Waals surface area (Å²) in [7, 11) is 0. The van der Waals surface area contributed by atoms with Gasteiger partial charge in [-0.15, -0.1) is 0 Å². The van der Waals surface area contributed by atoms with E-state index in [9.17, 15) is 4.79 Å². The normalized spacial score (nSPS) is 25.2. The molecule has 0 aromatic carbocycles. The summed E-state index contributed by atoms with van der Waals surface area (Å²) in [5.41, 5.74) is 0.566. The average Bonchev–Trinajstić information content (AvgIpc) is 2.33. The molecule has 0 aliphatic carbocycles. The SMILES string of the molecule is CCCN1CCC2(CC1)CCN(C(C)=O)CC2. The molecule has 2 aliphatic heterocycles. The first-order valence-electron chi connectivity index (χ1n) is 7.13. The van der Waals surface area contributed by atoms with Crippen molar-refractivity contribution in [3.63, 3.8) is 0 Å². The van der Waals surface area contributed by atoms with Gasteiger partial charge in [0.05, 0.1) is 0 Å². The van der Waals surface area contributed by atoms with Crippen molar-refractivity contribution < 1.29 is 4.79 Å². The van der Waals surface area contributed by atoms with Gasteiger partial charge in [0.25, 0.3) is 0 Å². The van der Waals surface area contributed by atoms with Gasteiger partial charge in [0.1, 0.15) is 0 Å². The van der Waals surface area contributed by atoms with Crippen LogP contribution in [0.25, 0.3) is 0 Å². The zero-order valence-corrected chi connectivity index (χ0v) is 11.4. The van der Waals surface area contributed by atoms with Crippen molar-refractivity contribution in [2.75, 3.05) is 32.7 Å².